The van der Waals surface area contributed by atoms with Gasteiger partial charge in [0.15, 0.2) is 8.07 Å². The lowest BCUT2D eigenvalue weighted by atomic mass is 9.63. The van der Waals surface area contributed by atoms with Gasteiger partial charge >= 0.3 is 0 Å². The Kier molecular flexibility index (Phi) is 5.05. The molecule has 2 aliphatic heterocycles. The van der Waals surface area contributed by atoms with Crippen LogP contribution in [0.25, 0.3) is 22.3 Å². The number of rotatable bonds is 2. The zero-order chi connectivity index (χ0) is 28.1. The van der Waals surface area contributed by atoms with E-state index in [4.69, 9.17) is 0 Å². The van der Waals surface area contributed by atoms with Crippen LogP contribution in [0, 0.1) is 0 Å². The van der Waals surface area contributed by atoms with Crippen molar-refractivity contribution in [1.82, 2.24) is 0 Å². The Hall–Kier alpha value is -3.88. The average molecular weight is 548 g/mol. The van der Waals surface area contributed by atoms with E-state index in [0.29, 0.717) is 0 Å². The standard InChI is InChI=1S/C39H37NSi/c1-38(2)22-23-39(3,4)32-24-26(18-20-31(32)38)27-19-21-33-36(25-27)41(5)35-17-10-9-14-29(35)30-15-11-16-34(37(30)41)40(33)28-12-7-6-8-13-28/h6-21,24-25H,22-23H2,1-5H3. The molecule has 5 aromatic carbocycles. The number of benzene rings is 5. The van der Waals surface area contributed by atoms with Crippen LogP contribution in [0.3, 0.4) is 0 Å². The smallest absolute Gasteiger partial charge is 0.152 e. The third-order valence-corrected chi connectivity index (χ3v) is 15.0. The van der Waals surface area contributed by atoms with Gasteiger partial charge in [0.25, 0.3) is 0 Å². The molecule has 3 aliphatic rings. The van der Waals surface area contributed by atoms with E-state index < -0.39 is 8.07 Å². The van der Waals surface area contributed by atoms with Crippen molar-refractivity contribution in [2.45, 2.75) is 57.9 Å². The predicted molar refractivity (Wildman–Crippen MR) is 178 cm³/mol. The zero-order valence-electron chi connectivity index (χ0n) is 24.8. The maximum atomic E-state index is 2.59. The number of hydrogen-bond acceptors (Lipinski definition) is 1. The van der Waals surface area contributed by atoms with Crippen molar-refractivity contribution in [1.29, 1.82) is 0 Å². The second-order valence-corrected chi connectivity index (χ2v) is 17.6. The Morgan fingerprint density at radius 1 is 0.561 bits per heavy atom. The average Bonchev–Trinajstić information content (AvgIpc) is 3.26. The highest BCUT2D eigenvalue weighted by molar-refractivity contribution is 7.15. The van der Waals surface area contributed by atoms with Crippen molar-refractivity contribution in [3.8, 4) is 22.3 Å². The van der Waals surface area contributed by atoms with Gasteiger partial charge in [0.1, 0.15) is 0 Å². The molecule has 2 heterocycles. The summed E-state index contributed by atoms with van der Waals surface area (Å²) in [4.78, 5) is 2.51. The maximum absolute atomic E-state index is 2.59. The first-order chi connectivity index (χ1) is 19.7. The Morgan fingerprint density at radius 3 is 2.02 bits per heavy atom. The van der Waals surface area contributed by atoms with Crippen molar-refractivity contribution in [2.24, 2.45) is 0 Å². The molecule has 0 saturated heterocycles. The molecule has 0 fully saturated rings. The van der Waals surface area contributed by atoms with Crippen LogP contribution < -0.4 is 20.5 Å². The minimum absolute atomic E-state index is 0.193. The van der Waals surface area contributed by atoms with Gasteiger partial charge in [-0.15, -0.1) is 0 Å². The molecule has 0 spiro atoms. The Balaban J connectivity index is 1.39. The molecule has 1 unspecified atom stereocenters. The zero-order valence-corrected chi connectivity index (χ0v) is 25.8. The lowest BCUT2D eigenvalue weighted by Gasteiger charge is -2.42. The summed E-state index contributed by atoms with van der Waals surface area (Å²) in [6, 6.07) is 41.7. The van der Waals surface area contributed by atoms with Gasteiger partial charge in [-0.2, -0.15) is 0 Å². The minimum atomic E-state index is -2.24. The molecule has 0 N–H and O–H groups in total. The molecule has 0 bridgehead atoms. The molecule has 41 heavy (non-hydrogen) atoms. The van der Waals surface area contributed by atoms with E-state index in [0.717, 1.165) is 0 Å². The second-order valence-electron chi connectivity index (χ2n) is 13.8. The van der Waals surface area contributed by atoms with Crippen LogP contribution in [0.5, 0.6) is 0 Å². The second kappa shape index (κ2) is 8.33. The lowest BCUT2D eigenvalue weighted by Crippen LogP contribution is -2.66. The number of hydrogen-bond donors (Lipinski definition) is 0. The highest BCUT2D eigenvalue weighted by Crippen LogP contribution is 2.48. The van der Waals surface area contributed by atoms with Crippen LogP contribution in [0.15, 0.2) is 109 Å². The molecule has 1 aliphatic carbocycles. The van der Waals surface area contributed by atoms with Gasteiger partial charge in [0.05, 0.1) is 0 Å². The van der Waals surface area contributed by atoms with E-state index in [2.05, 4.69) is 148 Å². The van der Waals surface area contributed by atoms with Gasteiger partial charge in [-0.25, -0.2) is 0 Å². The van der Waals surface area contributed by atoms with Crippen LogP contribution in [-0.2, 0) is 10.8 Å². The van der Waals surface area contributed by atoms with E-state index in [1.165, 1.54) is 68.5 Å². The maximum Gasteiger partial charge on any atom is 0.152 e. The monoisotopic (exact) mass is 547 g/mol. The fraction of sp³-hybridized carbons (Fsp3) is 0.231. The van der Waals surface area contributed by atoms with Gasteiger partial charge in [-0.3, -0.25) is 0 Å². The summed E-state index contributed by atoms with van der Waals surface area (Å²) < 4.78 is 0. The van der Waals surface area contributed by atoms with Crippen molar-refractivity contribution >= 4 is 40.7 Å². The molecule has 202 valence electrons. The third kappa shape index (κ3) is 3.34. The molecule has 0 amide bonds. The highest BCUT2D eigenvalue weighted by Gasteiger charge is 2.50. The third-order valence-electron chi connectivity index (χ3n) is 10.5. The van der Waals surface area contributed by atoms with Crippen molar-refractivity contribution < 1.29 is 0 Å². The summed E-state index contributed by atoms with van der Waals surface area (Å²) in [5.41, 5.74) is 12.9. The molecule has 1 nitrogen and oxygen atoms in total. The molecule has 0 radical (unpaired) electrons. The Morgan fingerprint density at radius 2 is 1.22 bits per heavy atom. The molecular formula is C39H37NSi. The van der Waals surface area contributed by atoms with Crippen LogP contribution in [-0.4, -0.2) is 8.07 Å². The summed E-state index contributed by atoms with van der Waals surface area (Å²) in [7, 11) is -2.24. The quantitative estimate of drug-likeness (QED) is 0.200. The first-order valence-electron chi connectivity index (χ1n) is 15.1. The van der Waals surface area contributed by atoms with Crippen LogP contribution >= 0.6 is 0 Å². The van der Waals surface area contributed by atoms with Gasteiger partial charge in [0.2, 0.25) is 0 Å². The number of fused-ring (bicyclic) bond motifs is 6. The van der Waals surface area contributed by atoms with Gasteiger partial charge in [0, 0.05) is 17.1 Å². The molecule has 1 atom stereocenters. The first-order valence-corrected chi connectivity index (χ1v) is 17.6. The largest absolute Gasteiger partial charge is 0.311 e. The molecule has 0 aromatic heterocycles. The van der Waals surface area contributed by atoms with Gasteiger partial charge < -0.3 is 4.90 Å². The van der Waals surface area contributed by atoms with Crippen LogP contribution in [0.4, 0.5) is 17.1 Å². The summed E-state index contributed by atoms with van der Waals surface area (Å²) in [5.74, 6) is 0. The molecule has 2 heteroatoms. The van der Waals surface area contributed by atoms with E-state index >= 15 is 0 Å². The van der Waals surface area contributed by atoms with Crippen molar-refractivity contribution in [2.75, 3.05) is 4.90 Å². The van der Waals surface area contributed by atoms with E-state index in [-0.39, 0.29) is 10.8 Å². The normalized spacial score (nSPS) is 20.6. The molecular weight excluding hydrogens is 511 g/mol. The van der Waals surface area contributed by atoms with Crippen molar-refractivity contribution in [3.05, 3.63) is 120 Å². The van der Waals surface area contributed by atoms with Crippen molar-refractivity contribution in [3.63, 3.8) is 0 Å². The first kappa shape index (κ1) is 24.9. The van der Waals surface area contributed by atoms with Crippen LogP contribution in [0.2, 0.25) is 6.55 Å². The number of anilines is 3. The summed E-state index contributed by atoms with van der Waals surface area (Å²) in [6.45, 7) is 12.3. The van der Waals surface area contributed by atoms with E-state index in [1.54, 1.807) is 10.4 Å². The van der Waals surface area contributed by atoms with Gasteiger partial charge in [-0.05, 0) is 96.9 Å². The summed E-state index contributed by atoms with van der Waals surface area (Å²) in [6.07, 6.45) is 2.47. The lowest BCUT2D eigenvalue weighted by molar-refractivity contribution is 0.332. The SMILES string of the molecule is CC1(C)CCC(C)(C)c2cc(-c3ccc4c(c3)[Si]3(C)c5ccccc5-c5cccc(c53)N4c3ccccc3)ccc21. The highest BCUT2D eigenvalue weighted by atomic mass is 28.3. The number of para-hydroxylation sites is 1. The molecule has 0 saturated carbocycles. The minimum Gasteiger partial charge on any atom is -0.311 e. The van der Waals surface area contributed by atoms with Gasteiger partial charge in [-0.1, -0.05) is 119 Å². The molecule has 5 aromatic rings. The Labute approximate surface area is 245 Å². The molecule has 8 rings (SSSR count). The van der Waals surface area contributed by atoms with E-state index in [9.17, 15) is 0 Å². The predicted octanol–water partition coefficient (Wildman–Crippen LogP) is 8.57. The van der Waals surface area contributed by atoms with Crippen LogP contribution in [0.1, 0.15) is 51.7 Å². The fourth-order valence-corrected chi connectivity index (χ4v) is 12.7. The topological polar surface area (TPSA) is 3.24 Å². The summed E-state index contributed by atoms with van der Waals surface area (Å²) >= 11 is 0. The fourth-order valence-electron chi connectivity index (χ4n) is 8.11. The summed E-state index contributed by atoms with van der Waals surface area (Å²) in [5, 5.41) is 4.62. The number of nitrogens with zero attached hydrogens (tertiary/aromatic N) is 1. The Bertz CT molecular complexity index is 1860. The van der Waals surface area contributed by atoms with E-state index in [1.807, 2.05) is 0 Å².